The highest BCUT2D eigenvalue weighted by Crippen LogP contribution is 2.39. The maximum atomic E-state index is 5.17. The van der Waals surface area contributed by atoms with Crippen molar-refractivity contribution in [2.45, 2.75) is 51.9 Å². The fourth-order valence-electron chi connectivity index (χ4n) is 6.75. The fraction of sp³-hybridized carbons (Fsp3) is 0.205. The molecule has 0 unspecified atom stereocenters. The van der Waals surface area contributed by atoms with Gasteiger partial charge in [0, 0.05) is 27.8 Å². The molecule has 0 saturated carbocycles. The molecule has 4 heteroatoms. The van der Waals surface area contributed by atoms with Crippen molar-refractivity contribution in [2.75, 3.05) is 0 Å². The summed E-state index contributed by atoms with van der Waals surface area (Å²) in [6.07, 6.45) is 2.90. The van der Waals surface area contributed by atoms with Crippen molar-refractivity contribution >= 4 is 60.0 Å². The topological polar surface area (TPSA) is 43.1 Å². The number of para-hydroxylation sites is 2. The maximum absolute atomic E-state index is 5.17. The Hall–Kier alpha value is -4.83. The summed E-state index contributed by atoms with van der Waals surface area (Å²) in [5.74, 6) is 0.878. The van der Waals surface area contributed by atoms with Gasteiger partial charge < -0.3 is 0 Å². The molecule has 3 aromatic heterocycles. The van der Waals surface area contributed by atoms with Crippen LogP contribution in [0, 0.1) is 0 Å². The van der Waals surface area contributed by atoms with Gasteiger partial charge in [-0.25, -0.2) is 15.0 Å². The van der Waals surface area contributed by atoms with Crippen LogP contribution in [0.4, 0.5) is 0 Å². The van der Waals surface area contributed by atoms with E-state index in [-0.39, 0.29) is 10.8 Å². The first-order chi connectivity index (χ1) is 20.7. The lowest BCUT2D eigenvalue weighted by molar-refractivity contribution is 0.524. The Balaban J connectivity index is 1.35. The highest BCUT2D eigenvalue weighted by molar-refractivity contribution is 6.23. The Labute approximate surface area is 251 Å². The van der Waals surface area contributed by atoms with Crippen molar-refractivity contribution in [3.05, 3.63) is 120 Å². The van der Waals surface area contributed by atoms with Crippen molar-refractivity contribution in [1.82, 2.24) is 19.4 Å². The average Bonchev–Trinajstić information content (AvgIpc) is 3.39. The SMILES string of the molecule is CC(C)(C)c1ncc2c(CC(C)(C)c3ccc4c(c3)c3ccc5ccccc5c3c3nc5ccccc5n43)cccc2n1. The molecule has 8 aromatic rings. The third-order valence-corrected chi connectivity index (χ3v) is 9.04. The Morgan fingerprint density at radius 3 is 2.28 bits per heavy atom. The van der Waals surface area contributed by atoms with Gasteiger partial charge in [0.25, 0.3) is 0 Å². The molecule has 0 aliphatic carbocycles. The number of fused-ring (bicyclic) bond motifs is 11. The monoisotopic (exact) mass is 558 g/mol. The molecule has 43 heavy (non-hydrogen) atoms. The molecule has 8 rings (SSSR count). The van der Waals surface area contributed by atoms with Crippen LogP contribution in [0.3, 0.4) is 0 Å². The zero-order valence-corrected chi connectivity index (χ0v) is 25.3. The second-order valence-corrected chi connectivity index (χ2v) is 13.6. The summed E-state index contributed by atoms with van der Waals surface area (Å²) in [5, 5.41) is 7.29. The fourth-order valence-corrected chi connectivity index (χ4v) is 6.75. The number of benzene rings is 5. The third-order valence-electron chi connectivity index (χ3n) is 9.04. The summed E-state index contributed by atoms with van der Waals surface area (Å²) >= 11 is 0. The molecule has 0 saturated heterocycles. The van der Waals surface area contributed by atoms with Crippen LogP contribution < -0.4 is 0 Å². The molecule has 0 radical (unpaired) electrons. The molecule has 0 spiro atoms. The standard InChI is InChI=1S/C39H34N4/c1-38(2,3)37-40-23-30-25(12-10-15-31(30)42-37)22-39(4,5)26-18-20-33-29(21-26)28-19-17-24-11-6-7-13-27(24)35(28)36-41-32-14-8-9-16-34(32)43(33)36/h6-21,23H,22H2,1-5H3. The quantitative estimate of drug-likeness (QED) is 0.203. The Kier molecular flexibility index (Phi) is 5.46. The van der Waals surface area contributed by atoms with Gasteiger partial charge in [-0.15, -0.1) is 0 Å². The van der Waals surface area contributed by atoms with Gasteiger partial charge in [0.05, 0.1) is 22.1 Å². The van der Waals surface area contributed by atoms with Crippen molar-refractivity contribution in [3.63, 3.8) is 0 Å². The van der Waals surface area contributed by atoms with Gasteiger partial charge >= 0.3 is 0 Å². The third kappa shape index (κ3) is 4.00. The van der Waals surface area contributed by atoms with Crippen LogP contribution in [0.2, 0.25) is 0 Å². The Morgan fingerprint density at radius 2 is 1.42 bits per heavy atom. The van der Waals surface area contributed by atoms with Crippen LogP contribution in [-0.4, -0.2) is 19.4 Å². The predicted molar refractivity (Wildman–Crippen MR) is 180 cm³/mol. The van der Waals surface area contributed by atoms with E-state index in [9.17, 15) is 0 Å². The average molecular weight is 559 g/mol. The number of hydrogen-bond donors (Lipinski definition) is 0. The van der Waals surface area contributed by atoms with E-state index in [1.165, 1.54) is 43.6 Å². The summed E-state index contributed by atoms with van der Waals surface area (Å²) < 4.78 is 2.35. The molecule has 210 valence electrons. The molecule has 0 atom stereocenters. The van der Waals surface area contributed by atoms with E-state index >= 15 is 0 Å². The molecule has 3 heterocycles. The summed E-state index contributed by atoms with van der Waals surface area (Å²) in [4.78, 5) is 14.9. The van der Waals surface area contributed by atoms with Crippen molar-refractivity contribution in [2.24, 2.45) is 0 Å². The Bertz CT molecular complexity index is 2390. The second kappa shape index (κ2) is 9.08. The number of hydrogen-bond acceptors (Lipinski definition) is 3. The molecule has 0 fully saturated rings. The molecular weight excluding hydrogens is 524 g/mol. The smallest absolute Gasteiger partial charge is 0.147 e. The van der Waals surface area contributed by atoms with Gasteiger partial charge in [-0.05, 0) is 69.5 Å². The molecular formula is C39H34N4. The minimum absolute atomic E-state index is 0.0886. The van der Waals surface area contributed by atoms with Crippen molar-refractivity contribution in [1.29, 1.82) is 0 Å². The zero-order chi connectivity index (χ0) is 29.5. The molecule has 0 amide bonds. The summed E-state index contributed by atoms with van der Waals surface area (Å²) in [6, 6.07) is 35.1. The first-order valence-electron chi connectivity index (χ1n) is 15.1. The highest BCUT2D eigenvalue weighted by atomic mass is 15.0. The van der Waals surface area contributed by atoms with Crippen LogP contribution in [-0.2, 0) is 17.3 Å². The predicted octanol–water partition coefficient (Wildman–Crippen LogP) is 9.71. The van der Waals surface area contributed by atoms with Gasteiger partial charge in [0.1, 0.15) is 11.5 Å². The zero-order valence-electron chi connectivity index (χ0n) is 25.3. The molecule has 0 aliphatic rings. The van der Waals surface area contributed by atoms with Crippen LogP contribution in [0.5, 0.6) is 0 Å². The van der Waals surface area contributed by atoms with Gasteiger partial charge in [-0.3, -0.25) is 4.40 Å². The first kappa shape index (κ1) is 25.8. The first-order valence-corrected chi connectivity index (χ1v) is 15.1. The molecule has 0 bridgehead atoms. The molecule has 0 N–H and O–H groups in total. The number of rotatable bonds is 3. The summed E-state index contributed by atoms with van der Waals surface area (Å²) in [7, 11) is 0. The second-order valence-electron chi connectivity index (χ2n) is 13.6. The lowest BCUT2D eigenvalue weighted by Crippen LogP contribution is -2.21. The Morgan fingerprint density at radius 1 is 0.628 bits per heavy atom. The van der Waals surface area contributed by atoms with Gasteiger partial charge in [0.15, 0.2) is 0 Å². The van der Waals surface area contributed by atoms with Crippen LogP contribution in [0.1, 0.15) is 51.6 Å². The highest BCUT2D eigenvalue weighted by Gasteiger charge is 2.25. The summed E-state index contributed by atoms with van der Waals surface area (Å²) in [6.45, 7) is 11.2. The molecule has 5 aromatic carbocycles. The van der Waals surface area contributed by atoms with E-state index in [0.717, 1.165) is 39.8 Å². The van der Waals surface area contributed by atoms with E-state index < -0.39 is 0 Å². The minimum Gasteiger partial charge on any atom is -0.292 e. The van der Waals surface area contributed by atoms with Crippen LogP contribution >= 0.6 is 0 Å². The lowest BCUT2D eigenvalue weighted by atomic mass is 9.78. The number of pyridine rings is 1. The molecule has 0 aliphatic heterocycles. The van der Waals surface area contributed by atoms with E-state index in [1.54, 1.807) is 0 Å². The largest absolute Gasteiger partial charge is 0.292 e. The van der Waals surface area contributed by atoms with Crippen molar-refractivity contribution in [3.8, 4) is 0 Å². The summed E-state index contributed by atoms with van der Waals surface area (Å²) in [5.41, 5.74) is 7.72. The van der Waals surface area contributed by atoms with Gasteiger partial charge in [-0.2, -0.15) is 0 Å². The van der Waals surface area contributed by atoms with Crippen molar-refractivity contribution < 1.29 is 0 Å². The minimum atomic E-state index is -0.125. The number of aromatic nitrogens is 4. The van der Waals surface area contributed by atoms with Gasteiger partial charge in [-0.1, -0.05) is 101 Å². The van der Waals surface area contributed by atoms with Crippen LogP contribution in [0.25, 0.3) is 60.0 Å². The number of imidazole rings is 1. The normalized spacial score (nSPS) is 12.9. The van der Waals surface area contributed by atoms with E-state index in [0.29, 0.717) is 0 Å². The number of nitrogens with zero attached hydrogens (tertiary/aromatic N) is 4. The molecule has 4 nitrogen and oxygen atoms in total. The van der Waals surface area contributed by atoms with Crippen LogP contribution in [0.15, 0.2) is 103 Å². The van der Waals surface area contributed by atoms with E-state index in [4.69, 9.17) is 15.0 Å². The van der Waals surface area contributed by atoms with E-state index in [2.05, 4.69) is 136 Å². The van der Waals surface area contributed by atoms with E-state index in [1.807, 2.05) is 6.20 Å². The maximum Gasteiger partial charge on any atom is 0.147 e. The van der Waals surface area contributed by atoms with Gasteiger partial charge in [0.2, 0.25) is 0 Å². The lowest BCUT2D eigenvalue weighted by Gasteiger charge is -2.27.